The van der Waals surface area contributed by atoms with Gasteiger partial charge in [0.15, 0.2) is 12.1 Å². The highest BCUT2D eigenvalue weighted by atomic mass is 19.1. The van der Waals surface area contributed by atoms with Gasteiger partial charge in [-0.25, -0.2) is 9.18 Å². The molecule has 0 atom stereocenters. The van der Waals surface area contributed by atoms with E-state index in [1.54, 1.807) is 17.0 Å². The second-order valence-electron chi connectivity index (χ2n) is 11.0. The quantitative estimate of drug-likeness (QED) is 0.530. The van der Waals surface area contributed by atoms with E-state index in [0.717, 1.165) is 0 Å². The minimum absolute atomic E-state index is 0.208. The summed E-state index contributed by atoms with van der Waals surface area (Å²) in [4.78, 5) is 28.6. The standard InChI is InChI=1S/C25H32BFN2O5/c1-23(2,3)32-22(31)29-10-8-9-15(13-29)17-12-19(26-33-24(4,5)25(6,7)34-26)18-11-16(14-30)28-21(18)20(17)27/h9,11-12,14,28H,8,10,13H2,1-7H3. The number of carbonyl (C=O) groups excluding carboxylic acids is 2. The Morgan fingerprint density at radius 2 is 1.85 bits per heavy atom. The minimum Gasteiger partial charge on any atom is -0.444 e. The van der Waals surface area contributed by atoms with Crippen LogP contribution in [0.5, 0.6) is 0 Å². The molecule has 2 aliphatic rings. The van der Waals surface area contributed by atoms with Crippen LogP contribution in [0.2, 0.25) is 0 Å². The van der Waals surface area contributed by atoms with Crippen molar-refractivity contribution in [2.75, 3.05) is 13.1 Å². The number of hydrogen-bond donors (Lipinski definition) is 1. The molecular weight excluding hydrogens is 438 g/mol. The lowest BCUT2D eigenvalue weighted by Gasteiger charge is -2.32. The Morgan fingerprint density at radius 1 is 1.21 bits per heavy atom. The molecule has 0 bridgehead atoms. The van der Waals surface area contributed by atoms with Crippen LogP contribution < -0.4 is 5.46 Å². The van der Waals surface area contributed by atoms with Gasteiger partial charge in [-0.15, -0.1) is 0 Å². The summed E-state index contributed by atoms with van der Waals surface area (Å²) in [6.07, 6.45) is 2.72. The van der Waals surface area contributed by atoms with Crippen molar-refractivity contribution in [1.82, 2.24) is 9.88 Å². The third-order valence-corrected chi connectivity index (χ3v) is 6.69. The van der Waals surface area contributed by atoms with Crippen LogP contribution in [-0.4, -0.2) is 59.3 Å². The van der Waals surface area contributed by atoms with E-state index in [0.29, 0.717) is 41.2 Å². The van der Waals surface area contributed by atoms with E-state index in [9.17, 15) is 9.59 Å². The zero-order chi connectivity index (χ0) is 25.1. The Kier molecular flexibility index (Phi) is 5.93. The molecule has 4 rings (SSSR count). The van der Waals surface area contributed by atoms with E-state index < -0.39 is 35.8 Å². The Labute approximate surface area is 199 Å². The fourth-order valence-corrected chi connectivity index (χ4v) is 4.19. The molecule has 1 N–H and O–H groups in total. The third-order valence-electron chi connectivity index (χ3n) is 6.69. The number of carbonyl (C=O) groups is 2. The van der Waals surface area contributed by atoms with E-state index in [-0.39, 0.29) is 17.8 Å². The minimum atomic E-state index is -0.742. The van der Waals surface area contributed by atoms with Gasteiger partial charge in [0.1, 0.15) is 5.60 Å². The first-order valence-electron chi connectivity index (χ1n) is 11.6. The van der Waals surface area contributed by atoms with Gasteiger partial charge in [-0.2, -0.15) is 0 Å². The Hall–Kier alpha value is -2.65. The van der Waals surface area contributed by atoms with Crippen molar-refractivity contribution >= 4 is 41.4 Å². The van der Waals surface area contributed by atoms with Gasteiger partial charge in [0.2, 0.25) is 0 Å². The summed E-state index contributed by atoms with van der Waals surface area (Å²) >= 11 is 0. The Morgan fingerprint density at radius 3 is 2.44 bits per heavy atom. The number of amides is 1. The van der Waals surface area contributed by atoms with E-state index in [4.69, 9.17) is 14.0 Å². The molecule has 1 saturated heterocycles. The van der Waals surface area contributed by atoms with Crippen molar-refractivity contribution < 1.29 is 28.0 Å². The van der Waals surface area contributed by atoms with Gasteiger partial charge in [-0.1, -0.05) is 12.1 Å². The molecule has 0 radical (unpaired) electrons. The molecule has 1 amide bonds. The number of H-pyrrole nitrogens is 1. The number of halogens is 1. The predicted molar refractivity (Wildman–Crippen MR) is 130 cm³/mol. The molecule has 1 aromatic carbocycles. The highest BCUT2D eigenvalue weighted by molar-refractivity contribution is 6.65. The van der Waals surface area contributed by atoms with Crippen LogP contribution in [-0.2, 0) is 14.0 Å². The third kappa shape index (κ3) is 4.39. The van der Waals surface area contributed by atoms with Crippen LogP contribution in [0.1, 0.15) is 70.9 Å². The number of aromatic nitrogens is 1. The molecule has 2 aliphatic heterocycles. The van der Waals surface area contributed by atoms with E-state index in [1.807, 2.05) is 54.5 Å². The van der Waals surface area contributed by atoms with Crippen molar-refractivity contribution in [3.8, 4) is 0 Å². The number of hydrogen-bond acceptors (Lipinski definition) is 5. The van der Waals surface area contributed by atoms with Gasteiger partial charge >= 0.3 is 13.2 Å². The van der Waals surface area contributed by atoms with Crippen molar-refractivity contribution in [1.29, 1.82) is 0 Å². The summed E-state index contributed by atoms with van der Waals surface area (Å²) in [5, 5.41) is 0.530. The molecule has 0 saturated carbocycles. The highest BCUT2D eigenvalue weighted by Crippen LogP contribution is 2.38. The molecule has 1 aromatic heterocycles. The number of benzene rings is 1. The number of nitrogens with one attached hydrogen (secondary N) is 1. The number of ether oxygens (including phenoxy) is 1. The summed E-state index contributed by atoms with van der Waals surface area (Å²) in [7, 11) is -0.742. The fourth-order valence-electron chi connectivity index (χ4n) is 4.19. The average molecular weight is 470 g/mol. The molecule has 0 spiro atoms. The second-order valence-corrected chi connectivity index (χ2v) is 11.0. The van der Waals surface area contributed by atoms with Crippen LogP contribution in [0.25, 0.3) is 16.5 Å². The molecule has 9 heteroatoms. The molecule has 7 nitrogen and oxygen atoms in total. The monoisotopic (exact) mass is 470 g/mol. The molecule has 1 fully saturated rings. The van der Waals surface area contributed by atoms with Gasteiger partial charge in [-0.3, -0.25) is 4.79 Å². The molecule has 0 unspecified atom stereocenters. The van der Waals surface area contributed by atoms with Gasteiger partial charge < -0.3 is 23.9 Å². The fraction of sp³-hybridized carbons (Fsp3) is 0.520. The zero-order valence-electron chi connectivity index (χ0n) is 20.9. The topological polar surface area (TPSA) is 80.9 Å². The summed E-state index contributed by atoms with van der Waals surface area (Å²) < 4.78 is 33.8. The highest BCUT2D eigenvalue weighted by Gasteiger charge is 2.52. The van der Waals surface area contributed by atoms with Gasteiger partial charge in [0, 0.05) is 24.0 Å². The first-order chi connectivity index (χ1) is 15.7. The summed E-state index contributed by atoms with van der Waals surface area (Å²) in [5.41, 5.74) is 0.310. The lowest BCUT2D eigenvalue weighted by Crippen LogP contribution is -2.41. The zero-order valence-corrected chi connectivity index (χ0v) is 20.9. The second kappa shape index (κ2) is 8.24. The van der Waals surface area contributed by atoms with Crippen molar-refractivity contribution in [3.63, 3.8) is 0 Å². The van der Waals surface area contributed by atoms with E-state index in [1.165, 1.54) is 0 Å². The maximum atomic E-state index is 15.8. The van der Waals surface area contributed by atoms with Crippen LogP contribution >= 0.6 is 0 Å². The van der Waals surface area contributed by atoms with Crippen molar-refractivity contribution in [2.24, 2.45) is 0 Å². The maximum absolute atomic E-state index is 15.8. The number of rotatable bonds is 3. The molecule has 182 valence electrons. The van der Waals surface area contributed by atoms with Crippen LogP contribution in [0.3, 0.4) is 0 Å². The average Bonchev–Trinajstić information content (AvgIpc) is 3.25. The largest absolute Gasteiger partial charge is 0.495 e. The van der Waals surface area contributed by atoms with Crippen LogP contribution in [0.15, 0.2) is 18.2 Å². The van der Waals surface area contributed by atoms with Gasteiger partial charge in [0.05, 0.1) is 22.4 Å². The summed E-state index contributed by atoms with van der Waals surface area (Å²) in [5.74, 6) is -0.486. The smallest absolute Gasteiger partial charge is 0.444 e. The first-order valence-corrected chi connectivity index (χ1v) is 11.6. The molecule has 0 aliphatic carbocycles. The SMILES string of the molecule is CC(C)(C)OC(=O)N1CCC=C(c2cc(B3OC(C)(C)C(C)(C)O3)c3cc(C=O)[nH]c3c2F)C1. The number of aromatic amines is 1. The van der Waals surface area contributed by atoms with E-state index >= 15 is 4.39 Å². The molecular formula is C25H32BFN2O5. The van der Waals surface area contributed by atoms with Crippen molar-refractivity contribution in [3.05, 3.63) is 35.3 Å². The Bertz CT molecular complexity index is 1160. The lowest BCUT2D eigenvalue weighted by molar-refractivity contribution is 0.00578. The summed E-state index contributed by atoms with van der Waals surface area (Å²) in [6, 6.07) is 3.32. The van der Waals surface area contributed by atoms with Gasteiger partial charge in [0.25, 0.3) is 0 Å². The van der Waals surface area contributed by atoms with Crippen LogP contribution in [0.4, 0.5) is 9.18 Å². The van der Waals surface area contributed by atoms with Crippen molar-refractivity contribution in [2.45, 2.75) is 71.7 Å². The molecule has 3 heterocycles. The van der Waals surface area contributed by atoms with Gasteiger partial charge in [-0.05, 0) is 72.0 Å². The predicted octanol–water partition coefficient (Wildman–Crippen LogP) is 4.44. The molecule has 2 aromatic rings. The lowest BCUT2D eigenvalue weighted by atomic mass is 9.75. The normalized spacial score (nSPS) is 19.9. The van der Waals surface area contributed by atoms with E-state index in [2.05, 4.69) is 4.98 Å². The number of aldehydes is 1. The summed E-state index contributed by atoms with van der Waals surface area (Å²) in [6.45, 7) is 13.9. The molecule has 34 heavy (non-hydrogen) atoms. The number of fused-ring (bicyclic) bond motifs is 1. The van der Waals surface area contributed by atoms with Crippen LogP contribution in [0, 0.1) is 5.82 Å². The Balaban J connectivity index is 1.77. The first kappa shape index (κ1) is 24.5. The maximum Gasteiger partial charge on any atom is 0.495 e. The number of nitrogens with zero attached hydrogens (tertiary/aromatic N) is 1.